The first-order chi connectivity index (χ1) is 10.7. The average Bonchev–Trinajstić information content (AvgIpc) is 2.48. The zero-order chi connectivity index (χ0) is 17.2. The first kappa shape index (κ1) is 17.3. The molecule has 0 aliphatic heterocycles. The highest BCUT2D eigenvalue weighted by Crippen LogP contribution is 2.23. The third-order valence-electron chi connectivity index (χ3n) is 4.26. The summed E-state index contributed by atoms with van der Waals surface area (Å²) in [7, 11) is 0. The van der Waals surface area contributed by atoms with Gasteiger partial charge < -0.3 is 5.32 Å². The van der Waals surface area contributed by atoms with Gasteiger partial charge in [0.15, 0.2) is 0 Å². The molecule has 1 N–H and O–H groups in total. The molecule has 0 unspecified atom stereocenters. The second-order valence-electron chi connectivity index (χ2n) is 7.38. The first-order valence-corrected chi connectivity index (χ1v) is 8.17. The lowest BCUT2D eigenvalue weighted by Crippen LogP contribution is -2.27. The molecule has 0 heterocycles. The SMILES string of the molecule is Cc1ccc(C)c([C@H](C)NC(=O)c2ccc(C(C)(C)C)cc2)c1. The van der Waals surface area contributed by atoms with E-state index in [1.54, 1.807) is 0 Å². The summed E-state index contributed by atoms with van der Waals surface area (Å²) in [6.07, 6.45) is 0. The Labute approximate surface area is 139 Å². The second-order valence-corrected chi connectivity index (χ2v) is 7.38. The smallest absolute Gasteiger partial charge is 0.251 e. The van der Waals surface area contributed by atoms with Crippen LogP contribution >= 0.6 is 0 Å². The number of amides is 1. The van der Waals surface area contributed by atoms with Crippen LogP contribution in [-0.2, 0) is 5.41 Å². The van der Waals surface area contributed by atoms with E-state index < -0.39 is 0 Å². The minimum Gasteiger partial charge on any atom is -0.346 e. The van der Waals surface area contributed by atoms with Crippen LogP contribution in [0.1, 0.15) is 66.3 Å². The summed E-state index contributed by atoms with van der Waals surface area (Å²) < 4.78 is 0. The average molecular weight is 309 g/mol. The summed E-state index contributed by atoms with van der Waals surface area (Å²) in [5.74, 6) is -0.0288. The van der Waals surface area contributed by atoms with Gasteiger partial charge in [0.25, 0.3) is 5.91 Å². The Morgan fingerprint density at radius 3 is 2.17 bits per heavy atom. The van der Waals surface area contributed by atoms with Crippen molar-refractivity contribution in [3.05, 3.63) is 70.3 Å². The fourth-order valence-electron chi connectivity index (χ4n) is 2.71. The van der Waals surface area contributed by atoms with Crippen molar-refractivity contribution in [3.8, 4) is 0 Å². The number of nitrogens with one attached hydrogen (secondary N) is 1. The molecule has 0 saturated heterocycles. The standard InChI is InChI=1S/C21H27NO/c1-14-7-8-15(2)19(13-14)16(3)22-20(23)17-9-11-18(12-10-17)21(4,5)6/h7-13,16H,1-6H3,(H,22,23)/t16-/m0/s1. The van der Waals surface area contributed by atoms with Gasteiger partial charge in [0, 0.05) is 5.56 Å². The number of aryl methyl sites for hydroxylation is 2. The Hall–Kier alpha value is -2.09. The minimum atomic E-state index is -0.0288. The van der Waals surface area contributed by atoms with E-state index in [0.29, 0.717) is 5.56 Å². The van der Waals surface area contributed by atoms with Gasteiger partial charge in [0.05, 0.1) is 6.04 Å². The number of hydrogen-bond acceptors (Lipinski definition) is 1. The van der Waals surface area contributed by atoms with Gasteiger partial charge in [-0.1, -0.05) is 56.7 Å². The third-order valence-corrected chi connectivity index (χ3v) is 4.26. The first-order valence-electron chi connectivity index (χ1n) is 8.17. The summed E-state index contributed by atoms with van der Waals surface area (Å²) in [4.78, 5) is 12.5. The van der Waals surface area contributed by atoms with Crippen LogP contribution in [0, 0.1) is 13.8 Å². The maximum atomic E-state index is 12.5. The van der Waals surface area contributed by atoms with Crippen LogP contribution in [0.2, 0.25) is 0 Å². The Morgan fingerprint density at radius 1 is 1.00 bits per heavy atom. The molecule has 2 heteroatoms. The highest BCUT2D eigenvalue weighted by Gasteiger charge is 2.16. The molecule has 0 aliphatic carbocycles. The van der Waals surface area contributed by atoms with E-state index in [2.05, 4.69) is 58.1 Å². The topological polar surface area (TPSA) is 29.1 Å². The highest BCUT2D eigenvalue weighted by atomic mass is 16.1. The predicted molar refractivity (Wildman–Crippen MR) is 96.9 cm³/mol. The Balaban J connectivity index is 2.14. The van der Waals surface area contributed by atoms with Crippen molar-refractivity contribution in [2.45, 2.75) is 53.0 Å². The van der Waals surface area contributed by atoms with E-state index in [-0.39, 0.29) is 17.4 Å². The monoisotopic (exact) mass is 309 g/mol. The predicted octanol–water partition coefficient (Wildman–Crippen LogP) is 5.09. The fourth-order valence-corrected chi connectivity index (χ4v) is 2.71. The molecule has 0 aliphatic rings. The zero-order valence-electron chi connectivity index (χ0n) is 15.0. The third kappa shape index (κ3) is 4.22. The van der Waals surface area contributed by atoms with Gasteiger partial charge in [0.1, 0.15) is 0 Å². The molecule has 0 saturated carbocycles. The summed E-state index contributed by atoms with van der Waals surface area (Å²) >= 11 is 0. The summed E-state index contributed by atoms with van der Waals surface area (Å²) in [5, 5.41) is 3.10. The molecule has 2 nitrogen and oxygen atoms in total. The van der Waals surface area contributed by atoms with Gasteiger partial charge >= 0.3 is 0 Å². The molecule has 1 atom stereocenters. The second kappa shape index (κ2) is 6.57. The Morgan fingerprint density at radius 2 is 1.61 bits per heavy atom. The molecule has 2 aromatic rings. The lowest BCUT2D eigenvalue weighted by Gasteiger charge is -2.20. The van der Waals surface area contributed by atoms with Crippen molar-refractivity contribution in [1.29, 1.82) is 0 Å². The van der Waals surface area contributed by atoms with E-state index in [4.69, 9.17) is 0 Å². The van der Waals surface area contributed by atoms with Crippen molar-refractivity contribution in [2.24, 2.45) is 0 Å². The van der Waals surface area contributed by atoms with E-state index >= 15 is 0 Å². The summed E-state index contributed by atoms with van der Waals surface area (Å²) in [6.45, 7) is 12.7. The van der Waals surface area contributed by atoms with Gasteiger partial charge in [0.2, 0.25) is 0 Å². The van der Waals surface area contributed by atoms with Crippen molar-refractivity contribution >= 4 is 5.91 Å². The zero-order valence-corrected chi connectivity index (χ0v) is 15.0. The Bertz CT molecular complexity index is 693. The molecule has 0 bridgehead atoms. The van der Waals surface area contributed by atoms with Gasteiger partial charge in [-0.25, -0.2) is 0 Å². The normalized spacial score (nSPS) is 12.8. The Kier molecular flexibility index (Phi) is 4.93. The van der Waals surface area contributed by atoms with Crippen LogP contribution < -0.4 is 5.32 Å². The van der Waals surface area contributed by atoms with Crippen molar-refractivity contribution in [1.82, 2.24) is 5.32 Å². The van der Waals surface area contributed by atoms with Crippen LogP contribution in [-0.4, -0.2) is 5.91 Å². The molecule has 122 valence electrons. The lowest BCUT2D eigenvalue weighted by atomic mass is 9.86. The maximum absolute atomic E-state index is 12.5. The molecular formula is C21H27NO. The quantitative estimate of drug-likeness (QED) is 0.840. The largest absolute Gasteiger partial charge is 0.346 e. The lowest BCUT2D eigenvalue weighted by molar-refractivity contribution is 0.0939. The van der Waals surface area contributed by atoms with Gasteiger partial charge in [-0.2, -0.15) is 0 Å². The van der Waals surface area contributed by atoms with Crippen molar-refractivity contribution in [2.75, 3.05) is 0 Å². The molecule has 23 heavy (non-hydrogen) atoms. The maximum Gasteiger partial charge on any atom is 0.251 e. The molecule has 0 spiro atoms. The van der Waals surface area contributed by atoms with Crippen LogP contribution in [0.25, 0.3) is 0 Å². The number of carbonyl (C=O) groups is 1. The highest BCUT2D eigenvalue weighted by molar-refractivity contribution is 5.94. The number of rotatable bonds is 3. The molecule has 0 fully saturated rings. The van der Waals surface area contributed by atoms with Gasteiger partial charge in [-0.05, 0) is 55.0 Å². The summed E-state index contributed by atoms with van der Waals surface area (Å²) in [5.41, 5.74) is 5.62. The molecule has 1 amide bonds. The summed E-state index contributed by atoms with van der Waals surface area (Å²) in [6, 6.07) is 14.2. The van der Waals surface area contributed by atoms with E-state index in [1.165, 1.54) is 22.3 Å². The number of carbonyl (C=O) groups excluding carboxylic acids is 1. The van der Waals surface area contributed by atoms with Crippen molar-refractivity contribution < 1.29 is 4.79 Å². The molecule has 0 aromatic heterocycles. The van der Waals surface area contributed by atoms with Crippen molar-refractivity contribution in [3.63, 3.8) is 0 Å². The number of hydrogen-bond donors (Lipinski definition) is 1. The molecule has 0 radical (unpaired) electrons. The molecule has 2 aromatic carbocycles. The fraction of sp³-hybridized carbons (Fsp3) is 0.381. The van der Waals surface area contributed by atoms with E-state index in [1.807, 2.05) is 31.2 Å². The van der Waals surface area contributed by atoms with Crippen LogP contribution in [0.3, 0.4) is 0 Å². The van der Waals surface area contributed by atoms with Gasteiger partial charge in [-0.15, -0.1) is 0 Å². The minimum absolute atomic E-state index is 0.00954. The van der Waals surface area contributed by atoms with Crippen LogP contribution in [0.5, 0.6) is 0 Å². The number of benzene rings is 2. The van der Waals surface area contributed by atoms with Crippen LogP contribution in [0.15, 0.2) is 42.5 Å². The molecular weight excluding hydrogens is 282 g/mol. The molecule has 2 rings (SSSR count). The van der Waals surface area contributed by atoms with E-state index in [9.17, 15) is 4.79 Å². The van der Waals surface area contributed by atoms with E-state index in [0.717, 1.165) is 0 Å². The van der Waals surface area contributed by atoms with Gasteiger partial charge in [-0.3, -0.25) is 4.79 Å². The van der Waals surface area contributed by atoms with Crippen LogP contribution in [0.4, 0.5) is 0 Å².